The lowest BCUT2D eigenvalue weighted by Crippen LogP contribution is -2.70. The predicted octanol–water partition coefficient (Wildman–Crippen LogP) is 1.13. The van der Waals surface area contributed by atoms with Gasteiger partial charge in [0.25, 0.3) is 11.8 Å². The van der Waals surface area contributed by atoms with E-state index < -0.39 is 29.2 Å². The molecule has 1 saturated heterocycles. The van der Waals surface area contributed by atoms with Gasteiger partial charge in [0.05, 0.1) is 0 Å². The molecule has 32 heavy (non-hydrogen) atoms. The molecule has 11 nitrogen and oxygen atoms in total. The number of rotatable bonds is 8. The highest BCUT2D eigenvalue weighted by atomic mass is 32.2. The van der Waals surface area contributed by atoms with Gasteiger partial charge in [-0.25, -0.2) is 9.78 Å². The van der Waals surface area contributed by atoms with Crippen LogP contribution in [0.5, 0.6) is 0 Å². The summed E-state index contributed by atoms with van der Waals surface area (Å²) >= 11 is 2.48. The van der Waals surface area contributed by atoms with Crippen LogP contribution in [-0.2, 0) is 24.0 Å². The second-order valence-electron chi connectivity index (χ2n) is 7.38. The standard InChI is InChI=1S/C19H21N5O6S2/c25-9-20-19-21-11(8-32-19)13(23-30-10-4-2-1-3-5-10)15(26)22-14-16(27)24-12(18(28)29)6-7-31-17(14)24/h6,8-10,14,17H,1-5,7H2,(H,22,26)(H,28,29)(H,20,21,25)/b23-13+/t14?,17-/m1/s1. The van der Waals surface area contributed by atoms with Gasteiger partial charge in [0, 0.05) is 11.1 Å². The first kappa shape index (κ1) is 22.3. The van der Waals surface area contributed by atoms with Gasteiger partial charge in [-0.05, 0) is 31.8 Å². The molecule has 0 spiro atoms. The minimum atomic E-state index is -1.19. The van der Waals surface area contributed by atoms with Gasteiger partial charge in [-0.1, -0.05) is 11.6 Å². The molecule has 2 aliphatic heterocycles. The third-order valence-corrected chi connectivity index (χ3v) is 7.30. The van der Waals surface area contributed by atoms with Crippen LogP contribution >= 0.6 is 23.1 Å². The van der Waals surface area contributed by atoms with E-state index >= 15 is 0 Å². The number of fused-ring (bicyclic) bond motifs is 1. The average Bonchev–Trinajstić information content (AvgIpc) is 3.26. The van der Waals surface area contributed by atoms with Crippen molar-refractivity contribution in [3.8, 4) is 0 Å². The van der Waals surface area contributed by atoms with Gasteiger partial charge in [0.2, 0.25) is 6.41 Å². The molecular weight excluding hydrogens is 458 g/mol. The Labute approximate surface area is 191 Å². The van der Waals surface area contributed by atoms with Gasteiger partial charge >= 0.3 is 5.97 Å². The van der Waals surface area contributed by atoms with Gasteiger partial charge in [-0.3, -0.25) is 19.3 Å². The highest BCUT2D eigenvalue weighted by Gasteiger charge is 2.53. The van der Waals surface area contributed by atoms with E-state index in [0.29, 0.717) is 12.2 Å². The Morgan fingerprint density at radius 2 is 2.09 bits per heavy atom. The zero-order chi connectivity index (χ0) is 22.7. The predicted molar refractivity (Wildman–Crippen MR) is 117 cm³/mol. The van der Waals surface area contributed by atoms with Crippen molar-refractivity contribution in [2.75, 3.05) is 11.1 Å². The minimum absolute atomic E-state index is 0.0807. The molecule has 170 valence electrons. The number of hydrogen-bond acceptors (Lipinski definition) is 9. The number of nitrogens with zero attached hydrogens (tertiary/aromatic N) is 3. The number of aromatic nitrogens is 1. The van der Waals surface area contributed by atoms with Gasteiger partial charge in [-0.2, -0.15) is 0 Å². The van der Waals surface area contributed by atoms with E-state index in [4.69, 9.17) is 4.84 Å². The molecule has 0 radical (unpaired) electrons. The van der Waals surface area contributed by atoms with E-state index in [0.717, 1.165) is 43.4 Å². The molecular formula is C19H21N5O6S2. The molecule has 0 bridgehead atoms. The maximum Gasteiger partial charge on any atom is 0.352 e. The Balaban J connectivity index is 1.51. The van der Waals surface area contributed by atoms with Crippen molar-refractivity contribution in [2.45, 2.75) is 49.6 Å². The number of carboxylic acid groups (broad SMARTS) is 1. The van der Waals surface area contributed by atoms with Crippen LogP contribution in [0.4, 0.5) is 5.13 Å². The molecule has 1 aromatic rings. The Kier molecular flexibility index (Phi) is 6.74. The summed E-state index contributed by atoms with van der Waals surface area (Å²) in [6.45, 7) is 0. The average molecular weight is 480 g/mol. The quantitative estimate of drug-likeness (QED) is 0.217. The Bertz CT molecular complexity index is 987. The summed E-state index contributed by atoms with van der Waals surface area (Å²) in [5.74, 6) is -1.93. The van der Waals surface area contributed by atoms with Crippen LogP contribution in [0.25, 0.3) is 0 Å². The lowest BCUT2D eigenvalue weighted by atomic mass is 9.98. The Hall–Kier alpha value is -2.93. The monoisotopic (exact) mass is 479 g/mol. The third kappa shape index (κ3) is 4.48. The number of anilines is 1. The van der Waals surface area contributed by atoms with Crippen molar-refractivity contribution in [3.05, 3.63) is 22.8 Å². The fourth-order valence-electron chi connectivity index (χ4n) is 3.75. The number of thiazole rings is 1. The largest absolute Gasteiger partial charge is 0.477 e. The van der Waals surface area contributed by atoms with E-state index in [2.05, 4.69) is 20.8 Å². The topological polar surface area (TPSA) is 150 Å². The molecule has 1 unspecified atom stereocenters. The van der Waals surface area contributed by atoms with Gasteiger partial charge in [-0.15, -0.1) is 23.1 Å². The molecule has 13 heteroatoms. The third-order valence-electron chi connectivity index (χ3n) is 5.34. The zero-order valence-electron chi connectivity index (χ0n) is 16.9. The number of oxime groups is 1. The molecule has 3 N–H and O–H groups in total. The van der Waals surface area contributed by atoms with Crippen molar-refractivity contribution in [1.29, 1.82) is 0 Å². The number of amides is 3. The number of carbonyl (C=O) groups is 4. The normalized spacial score (nSPS) is 23.5. The SMILES string of the molecule is O=CNc1nc(/C(=N\OC2CCCCC2)C(=O)NC2C(=O)N3C(C(=O)O)=CCS[C@H]23)cs1. The first-order chi connectivity index (χ1) is 15.5. The first-order valence-corrected chi connectivity index (χ1v) is 12.0. The molecule has 0 aromatic carbocycles. The summed E-state index contributed by atoms with van der Waals surface area (Å²) in [5.41, 5.74) is 0.0217. The Morgan fingerprint density at radius 1 is 1.31 bits per heavy atom. The van der Waals surface area contributed by atoms with Crippen LogP contribution in [0.15, 0.2) is 22.3 Å². The molecule has 3 amide bonds. The highest BCUT2D eigenvalue weighted by molar-refractivity contribution is 8.00. The molecule has 1 saturated carbocycles. The molecule has 1 aliphatic carbocycles. The molecule has 2 atom stereocenters. The van der Waals surface area contributed by atoms with Crippen molar-refractivity contribution >= 4 is 58.1 Å². The smallest absolute Gasteiger partial charge is 0.352 e. The fraction of sp³-hybridized carbons (Fsp3) is 0.474. The summed E-state index contributed by atoms with van der Waals surface area (Å²) < 4.78 is 0. The number of aliphatic carboxylic acids is 1. The van der Waals surface area contributed by atoms with E-state index in [-0.39, 0.29) is 28.3 Å². The highest BCUT2D eigenvalue weighted by Crippen LogP contribution is 2.37. The van der Waals surface area contributed by atoms with Crippen molar-refractivity contribution in [3.63, 3.8) is 0 Å². The number of carboxylic acids is 1. The fourth-order valence-corrected chi connectivity index (χ4v) is 5.60. The molecule has 4 rings (SSSR count). The number of nitrogens with one attached hydrogen (secondary N) is 2. The summed E-state index contributed by atoms with van der Waals surface area (Å²) in [7, 11) is 0. The molecule has 1 aromatic heterocycles. The Morgan fingerprint density at radius 3 is 2.81 bits per heavy atom. The summed E-state index contributed by atoms with van der Waals surface area (Å²) in [6.07, 6.45) is 6.71. The van der Waals surface area contributed by atoms with E-state index in [1.165, 1.54) is 22.7 Å². The molecule has 2 fully saturated rings. The summed E-state index contributed by atoms with van der Waals surface area (Å²) in [5, 5.41) is 19.8. The van der Waals surface area contributed by atoms with E-state index in [1.807, 2.05) is 0 Å². The van der Waals surface area contributed by atoms with Crippen LogP contribution in [0.2, 0.25) is 0 Å². The van der Waals surface area contributed by atoms with Gasteiger partial charge < -0.3 is 20.6 Å². The zero-order valence-corrected chi connectivity index (χ0v) is 18.5. The van der Waals surface area contributed by atoms with Crippen LogP contribution in [0, 0.1) is 0 Å². The van der Waals surface area contributed by atoms with Crippen LogP contribution in [-0.4, -0.2) is 68.2 Å². The van der Waals surface area contributed by atoms with Crippen LogP contribution in [0.1, 0.15) is 37.8 Å². The minimum Gasteiger partial charge on any atom is -0.477 e. The number of β-lactam (4-membered cyclic amide) rings is 1. The van der Waals surface area contributed by atoms with Crippen molar-refractivity contribution in [1.82, 2.24) is 15.2 Å². The summed E-state index contributed by atoms with van der Waals surface area (Å²) in [6, 6.07) is -0.887. The molecule has 3 heterocycles. The maximum absolute atomic E-state index is 13.1. The van der Waals surface area contributed by atoms with E-state index in [9.17, 15) is 24.3 Å². The first-order valence-electron chi connectivity index (χ1n) is 10.1. The number of hydrogen-bond donors (Lipinski definition) is 3. The summed E-state index contributed by atoms with van der Waals surface area (Å²) in [4.78, 5) is 58.7. The van der Waals surface area contributed by atoms with Crippen molar-refractivity contribution < 1.29 is 29.1 Å². The second kappa shape index (κ2) is 9.69. The second-order valence-corrected chi connectivity index (χ2v) is 9.39. The van der Waals surface area contributed by atoms with Gasteiger partial charge in [0.1, 0.15) is 28.9 Å². The van der Waals surface area contributed by atoms with Crippen molar-refractivity contribution in [2.24, 2.45) is 5.16 Å². The van der Waals surface area contributed by atoms with Gasteiger partial charge in [0.15, 0.2) is 10.8 Å². The molecule has 3 aliphatic rings. The lowest BCUT2D eigenvalue weighted by Gasteiger charge is -2.48. The maximum atomic E-state index is 13.1. The number of thioether (sulfide) groups is 1. The van der Waals surface area contributed by atoms with Crippen LogP contribution in [0.3, 0.4) is 0 Å². The lowest BCUT2D eigenvalue weighted by molar-refractivity contribution is -0.150. The van der Waals surface area contributed by atoms with Crippen LogP contribution < -0.4 is 10.6 Å². The number of carbonyl (C=O) groups excluding carboxylic acids is 3. The van der Waals surface area contributed by atoms with E-state index in [1.54, 1.807) is 5.38 Å².